The standard InChI is InChI=1S/C44H76O13/c1-23-12-13-31(54-37(23)29(7)39(47)48)20-33-24(2)18-27(5)44(52,55-33)22-34-25(3)19-26(4)43(51,56-34)21-32(45)28(6)38(46)42(11,50)36-15-17-41(10,57-36)35-14-16-40(9,49)30(8)53-35/h23-37,45,49-52H,12-22H2,1-11H3,(H,47,48)/t23-,24+,25-,26+,27-,28+,29+,30-,31+,32+,33-,34+,35+,36-,37-,40+,41-,42+,43-,44+/m0/s1. The summed E-state index contributed by atoms with van der Waals surface area (Å²) in [5.41, 5.74) is -3.63. The van der Waals surface area contributed by atoms with Crippen LogP contribution in [0.5, 0.6) is 0 Å². The molecule has 20 atom stereocenters. The summed E-state index contributed by atoms with van der Waals surface area (Å²) in [6.45, 7) is 20.1. The summed E-state index contributed by atoms with van der Waals surface area (Å²) >= 11 is 0. The third-order valence-corrected chi connectivity index (χ3v) is 15.5. The molecule has 0 aromatic rings. The summed E-state index contributed by atoms with van der Waals surface area (Å²) in [6, 6.07) is 0. The first-order chi connectivity index (χ1) is 26.2. The minimum absolute atomic E-state index is 0.0626. The van der Waals surface area contributed by atoms with Crippen LogP contribution < -0.4 is 0 Å². The van der Waals surface area contributed by atoms with Gasteiger partial charge in [0.15, 0.2) is 17.4 Å². The summed E-state index contributed by atoms with van der Waals surface area (Å²) in [5, 5.41) is 67.7. The summed E-state index contributed by atoms with van der Waals surface area (Å²) in [6.07, 6.45) is 0.833. The number of aliphatic hydroxyl groups is 5. The molecular weight excluding hydrogens is 736 g/mol. The van der Waals surface area contributed by atoms with Gasteiger partial charge in [-0.2, -0.15) is 0 Å². The molecule has 0 radical (unpaired) electrons. The topological polar surface area (TPSA) is 202 Å². The Kier molecular flexibility index (Phi) is 14.2. The third-order valence-electron chi connectivity index (χ3n) is 15.5. The van der Waals surface area contributed by atoms with Gasteiger partial charge in [0, 0.05) is 37.0 Å². The maximum absolute atomic E-state index is 13.9. The number of carbonyl (C=O) groups excluding carboxylic acids is 1. The number of carboxylic acids is 1. The van der Waals surface area contributed by atoms with Crippen LogP contribution >= 0.6 is 0 Å². The number of carboxylic acid groups (broad SMARTS) is 1. The van der Waals surface area contributed by atoms with Crippen LogP contribution in [0.3, 0.4) is 0 Å². The number of Topliss-reactive ketones (excluding diaryl/α,β-unsaturated/α-hetero) is 1. The summed E-state index contributed by atoms with van der Waals surface area (Å²) in [7, 11) is 0. The fraction of sp³-hybridized carbons (Fsp3) is 0.955. The van der Waals surface area contributed by atoms with Crippen molar-refractivity contribution in [3.05, 3.63) is 0 Å². The predicted molar refractivity (Wildman–Crippen MR) is 211 cm³/mol. The van der Waals surface area contributed by atoms with E-state index in [1.165, 1.54) is 6.92 Å². The second-order valence-corrected chi connectivity index (χ2v) is 20.3. The Morgan fingerprint density at radius 2 is 1.39 bits per heavy atom. The lowest BCUT2D eigenvalue weighted by Gasteiger charge is -2.51. The molecule has 0 aliphatic carbocycles. The second kappa shape index (κ2) is 17.2. The highest BCUT2D eigenvalue weighted by molar-refractivity contribution is 5.89. The molecule has 57 heavy (non-hydrogen) atoms. The molecule has 0 bridgehead atoms. The molecule has 5 aliphatic heterocycles. The van der Waals surface area contributed by atoms with E-state index in [4.69, 9.17) is 23.7 Å². The number of aliphatic carboxylic acids is 1. The zero-order valence-corrected chi connectivity index (χ0v) is 36.5. The molecule has 5 aliphatic rings. The van der Waals surface area contributed by atoms with Gasteiger partial charge in [-0.15, -0.1) is 0 Å². The van der Waals surface area contributed by atoms with E-state index in [1.807, 2.05) is 41.5 Å². The minimum Gasteiger partial charge on any atom is -0.481 e. The average molecular weight is 813 g/mol. The smallest absolute Gasteiger partial charge is 0.308 e. The first kappa shape index (κ1) is 46.8. The molecule has 0 spiro atoms. The molecule has 0 aromatic heterocycles. The molecule has 13 nitrogen and oxygen atoms in total. The van der Waals surface area contributed by atoms with Gasteiger partial charge in [-0.3, -0.25) is 9.59 Å². The second-order valence-electron chi connectivity index (χ2n) is 20.3. The van der Waals surface area contributed by atoms with E-state index in [2.05, 4.69) is 6.92 Å². The number of ketones is 1. The minimum atomic E-state index is -1.93. The van der Waals surface area contributed by atoms with Crippen LogP contribution in [0.2, 0.25) is 0 Å². The number of hydrogen-bond donors (Lipinski definition) is 6. The van der Waals surface area contributed by atoms with Crippen LogP contribution in [0.25, 0.3) is 0 Å². The van der Waals surface area contributed by atoms with Crippen molar-refractivity contribution < 1.29 is 63.9 Å². The molecule has 330 valence electrons. The van der Waals surface area contributed by atoms with Gasteiger partial charge >= 0.3 is 5.97 Å². The van der Waals surface area contributed by atoms with Crippen molar-refractivity contribution in [1.82, 2.24) is 0 Å². The van der Waals surface area contributed by atoms with Crippen LogP contribution in [0.4, 0.5) is 0 Å². The molecule has 5 fully saturated rings. The molecule has 0 unspecified atom stereocenters. The molecule has 13 heteroatoms. The van der Waals surface area contributed by atoms with Crippen molar-refractivity contribution in [2.75, 3.05) is 0 Å². The summed E-state index contributed by atoms with van der Waals surface area (Å²) in [5.74, 6) is -7.03. The lowest BCUT2D eigenvalue weighted by molar-refractivity contribution is -0.344. The van der Waals surface area contributed by atoms with E-state index in [-0.39, 0.29) is 54.8 Å². The molecule has 5 rings (SSSR count). The van der Waals surface area contributed by atoms with Crippen molar-refractivity contribution in [2.24, 2.45) is 41.4 Å². The summed E-state index contributed by atoms with van der Waals surface area (Å²) in [4.78, 5) is 25.7. The van der Waals surface area contributed by atoms with Gasteiger partial charge in [0.25, 0.3) is 0 Å². The Bertz CT molecular complexity index is 1410. The van der Waals surface area contributed by atoms with E-state index in [0.29, 0.717) is 44.9 Å². The quantitative estimate of drug-likeness (QED) is 0.143. The van der Waals surface area contributed by atoms with Gasteiger partial charge in [-0.25, -0.2) is 0 Å². The SMILES string of the molecule is C[C@@H]1C[C@H](C)[C@@](O)(C[C@H]2O[C@@](O)(C[C@@H](O)[C@@H](C)C(=O)[C@](C)(O)[C@@H]3CC[C@@](C)([C@H]4CC[C@@](C)(O)[C@H](C)O4)O3)[C@H](C)C[C@@H]2C)O[C@H]1C[C@H]1CC[C@H](C)[C@@H]([C@@H](C)C(=O)O)O1. The molecular formula is C44H76O13. The highest BCUT2D eigenvalue weighted by Gasteiger charge is 2.56. The Morgan fingerprint density at radius 3 is 2.00 bits per heavy atom. The Hall–Kier alpha value is -1.26. The molecule has 5 saturated heterocycles. The van der Waals surface area contributed by atoms with Crippen molar-refractivity contribution in [1.29, 1.82) is 0 Å². The lowest BCUT2D eigenvalue weighted by atomic mass is 9.74. The maximum Gasteiger partial charge on any atom is 0.308 e. The fourth-order valence-electron chi connectivity index (χ4n) is 10.6. The molecule has 0 saturated carbocycles. The predicted octanol–water partition coefficient (Wildman–Crippen LogP) is 5.13. The van der Waals surface area contributed by atoms with Crippen LogP contribution in [0.1, 0.15) is 147 Å². The highest BCUT2D eigenvalue weighted by atomic mass is 16.7. The number of rotatable bonds is 13. The van der Waals surface area contributed by atoms with Crippen LogP contribution in [-0.4, -0.2) is 120 Å². The first-order valence-electron chi connectivity index (χ1n) is 21.9. The van der Waals surface area contributed by atoms with Gasteiger partial charge in [-0.1, -0.05) is 41.5 Å². The highest BCUT2D eigenvalue weighted by Crippen LogP contribution is 2.48. The lowest BCUT2D eigenvalue weighted by Crippen LogP contribution is -2.58. The van der Waals surface area contributed by atoms with Gasteiger partial charge in [0.2, 0.25) is 0 Å². The monoisotopic (exact) mass is 813 g/mol. The Labute approximate surface area is 340 Å². The average Bonchev–Trinajstić information content (AvgIpc) is 3.54. The van der Waals surface area contributed by atoms with Gasteiger partial charge in [0.05, 0.1) is 66.0 Å². The molecule has 0 aromatic carbocycles. The normalized spacial score (nSPS) is 48.4. The Morgan fingerprint density at radius 1 is 0.789 bits per heavy atom. The van der Waals surface area contributed by atoms with E-state index in [1.54, 1.807) is 20.8 Å². The molecule has 5 heterocycles. The van der Waals surface area contributed by atoms with E-state index >= 15 is 0 Å². The van der Waals surface area contributed by atoms with Crippen molar-refractivity contribution >= 4 is 11.8 Å². The molecule has 0 amide bonds. The van der Waals surface area contributed by atoms with Gasteiger partial charge in [-0.05, 0) is 104 Å². The maximum atomic E-state index is 13.9. The number of hydrogen-bond acceptors (Lipinski definition) is 12. The zero-order chi connectivity index (χ0) is 42.6. The number of carbonyl (C=O) groups is 2. The van der Waals surface area contributed by atoms with E-state index < -0.39 is 88.4 Å². The van der Waals surface area contributed by atoms with Gasteiger partial charge in [0.1, 0.15) is 5.60 Å². The fourth-order valence-corrected chi connectivity index (χ4v) is 10.6. The number of aliphatic hydroxyl groups excluding tert-OH is 1. The van der Waals surface area contributed by atoms with E-state index in [0.717, 1.165) is 12.8 Å². The van der Waals surface area contributed by atoms with Crippen molar-refractivity contribution in [2.45, 2.75) is 224 Å². The summed E-state index contributed by atoms with van der Waals surface area (Å²) < 4.78 is 32.0. The zero-order valence-electron chi connectivity index (χ0n) is 36.5. The molecule has 6 N–H and O–H groups in total. The Balaban J connectivity index is 1.21. The largest absolute Gasteiger partial charge is 0.481 e. The van der Waals surface area contributed by atoms with Gasteiger partial charge < -0.3 is 54.3 Å². The number of ether oxygens (including phenoxy) is 5. The van der Waals surface area contributed by atoms with Crippen LogP contribution in [0, 0.1) is 41.4 Å². The van der Waals surface area contributed by atoms with Crippen LogP contribution in [0.15, 0.2) is 0 Å². The van der Waals surface area contributed by atoms with Crippen molar-refractivity contribution in [3.8, 4) is 0 Å². The third kappa shape index (κ3) is 9.79. The van der Waals surface area contributed by atoms with Crippen LogP contribution in [-0.2, 0) is 33.3 Å². The first-order valence-corrected chi connectivity index (χ1v) is 21.9. The van der Waals surface area contributed by atoms with Crippen molar-refractivity contribution in [3.63, 3.8) is 0 Å². The van der Waals surface area contributed by atoms with E-state index in [9.17, 15) is 40.2 Å².